The van der Waals surface area contributed by atoms with Crippen molar-refractivity contribution in [3.63, 3.8) is 0 Å². The molecule has 0 saturated carbocycles. The van der Waals surface area contributed by atoms with Crippen molar-refractivity contribution >= 4 is 23.8 Å². The standard InChI is InChI=1S/C50H49NO11/c1-32-40-30-58-29-37-25-26-38(59-31-57-4)27-39(37)44(61-46(54)35-21-13-7-14-22-35)50(49(40,2)3,62-47(55)36-23-15-8-16-24-36)28-41(32)60-48(56)43(52)42(33-17-9-5-10-18-33)51-45(53)34-19-11-6-12-20-34/h5-27,41-44,52H,28-31H2,1-4H3,(H,51,53)/t41-,42+,43-,44+,50-/m1/s1. The minimum absolute atomic E-state index is 0.0145. The second-order valence-corrected chi connectivity index (χ2v) is 15.8. The molecule has 2 N–H and O–H groups in total. The van der Waals surface area contributed by atoms with Crippen LogP contribution >= 0.6 is 0 Å². The summed E-state index contributed by atoms with van der Waals surface area (Å²) < 4.78 is 37.2. The van der Waals surface area contributed by atoms with E-state index in [2.05, 4.69) is 5.32 Å². The van der Waals surface area contributed by atoms with Crippen LogP contribution in [0.25, 0.3) is 0 Å². The van der Waals surface area contributed by atoms with Crippen molar-refractivity contribution < 1.29 is 52.7 Å². The van der Waals surface area contributed by atoms with Gasteiger partial charge in [-0.3, -0.25) is 4.79 Å². The molecule has 12 heteroatoms. The first-order chi connectivity index (χ1) is 29.9. The number of aliphatic hydroxyl groups excluding tert-OH is 1. The van der Waals surface area contributed by atoms with E-state index in [-0.39, 0.29) is 37.6 Å². The Morgan fingerprint density at radius 1 is 0.758 bits per heavy atom. The van der Waals surface area contributed by atoms with E-state index in [0.717, 1.165) is 0 Å². The Bertz CT molecular complexity index is 2400. The number of hydrogen-bond acceptors (Lipinski definition) is 11. The molecule has 0 spiro atoms. The SMILES string of the molecule is COCOc1ccc2c(c1)[C@H](OC(=O)c1ccccc1)[C@]1(OC(=O)c3ccccc3)C[C@@H](OC(=O)[C@H](O)[C@@H](NC(=O)c3ccccc3)c3ccccc3)C(C)=C(COC2)C1(C)C. The fraction of sp³-hybridized carbons (Fsp3) is 0.280. The molecule has 5 atom stereocenters. The molecule has 2 aliphatic rings. The molecule has 1 aliphatic heterocycles. The molecular formula is C50H49NO11. The maximum absolute atomic E-state index is 14.5. The highest BCUT2D eigenvalue weighted by Gasteiger charge is 2.63. The lowest BCUT2D eigenvalue weighted by Crippen LogP contribution is -2.60. The summed E-state index contributed by atoms with van der Waals surface area (Å²) in [7, 11) is 1.49. The van der Waals surface area contributed by atoms with Crippen LogP contribution in [0.15, 0.2) is 151 Å². The van der Waals surface area contributed by atoms with E-state index in [1.165, 1.54) is 7.11 Å². The van der Waals surface area contributed by atoms with Crippen molar-refractivity contribution in [1.29, 1.82) is 0 Å². The number of fused-ring (bicyclic) bond motifs is 3. The minimum atomic E-state index is -1.89. The Morgan fingerprint density at radius 3 is 1.95 bits per heavy atom. The topological polar surface area (TPSA) is 156 Å². The van der Waals surface area contributed by atoms with E-state index in [1.807, 2.05) is 13.8 Å². The summed E-state index contributed by atoms with van der Waals surface area (Å²) in [4.78, 5) is 56.8. The van der Waals surface area contributed by atoms with Gasteiger partial charge in [0.05, 0.1) is 30.4 Å². The number of esters is 3. The van der Waals surface area contributed by atoms with Crippen LogP contribution in [0.5, 0.6) is 5.75 Å². The maximum Gasteiger partial charge on any atom is 0.338 e. The number of amides is 1. The number of hydrogen-bond donors (Lipinski definition) is 2. The van der Waals surface area contributed by atoms with Crippen LogP contribution in [0.1, 0.15) is 87.1 Å². The number of aliphatic hydroxyl groups is 1. The molecule has 5 aromatic carbocycles. The van der Waals surface area contributed by atoms with Crippen LogP contribution in [0.2, 0.25) is 0 Å². The average Bonchev–Trinajstić information content (AvgIpc) is 3.31. The van der Waals surface area contributed by atoms with E-state index < -0.39 is 59.2 Å². The second kappa shape index (κ2) is 19.0. The van der Waals surface area contributed by atoms with Gasteiger partial charge in [-0.15, -0.1) is 0 Å². The molecule has 7 rings (SSSR count). The number of nitrogens with one attached hydrogen (secondary N) is 1. The summed E-state index contributed by atoms with van der Waals surface area (Å²) in [5, 5.41) is 14.7. The number of benzene rings is 5. The van der Waals surface area contributed by atoms with Gasteiger partial charge in [-0.2, -0.15) is 0 Å². The van der Waals surface area contributed by atoms with Crippen LogP contribution in [0.3, 0.4) is 0 Å². The number of carbonyl (C=O) groups excluding carboxylic acids is 4. The fourth-order valence-electron chi connectivity index (χ4n) is 8.26. The van der Waals surface area contributed by atoms with Crippen molar-refractivity contribution in [2.75, 3.05) is 20.5 Å². The molecule has 320 valence electrons. The van der Waals surface area contributed by atoms with Crippen molar-refractivity contribution in [1.82, 2.24) is 5.32 Å². The molecular weight excluding hydrogens is 791 g/mol. The lowest BCUT2D eigenvalue weighted by Gasteiger charge is -2.54. The number of ether oxygens (including phenoxy) is 6. The van der Waals surface area contributed by atoms with E-state index >= 15 is 0 Å². The van der Waals surface area contributed by atoms with Gasteiger partial charge in [0.25, 0.3) is 5.91 Å². The smallest absolute Gasteiger partial charge is 0.338 e. The zero-order valence-corrected chi connectivity index (χ0v) is 34.9. The summed E-state index contributed by atoms with van der Waals surface area (Å²) in [6.07, 6.45) is -4.65. The van der Waals surface area contributed by atoms with E-state index in [1.54, 1.807) is 146 Å². The normalized spacial score (nSPS) is 20.1. The largest absolute Gasteiger partial charge is 0.468 e. The number of rotatable bonds is 13. The Kier molecular flexibility index (Phi) is 13.3. The van der Waals surface area contributed by atoms with Gasteiger partial charge in [-0.05, 0) is 77.7 Å². The molecule has 12 nitrogen and oxygen atoms in total. The lowest BCUT2D eigenvalue weighted by atomic mass is 9.58. The summed E-state index contributed by atoms with van der Waals surface area (Å²) in [5.74, 6) is -2.60. The highest BCUT2D eigenvalue weighted by atomic mass is 16.7. The van der Waals surface area contributed by atoms with Crippen LogP contribution in [0, 0.1) is 5.41 Å². The predicted octanol–water partition coefficient (Wildman–Crippen LogP) is 7.88. The summed E-state index contributed by atoms with van der Waals surface area (Å²) >= 11 is 0. The molecule has 0 unspecified atom stereocenters. The van der Waals surface area contributed by atoms with E-state index in [4.69, 9.17) is 28.4 Å². The summed E-state index contributed by atoms with van der Waals surface area (Å²) in [6.45, 7) is 5.56. The molecule has 1 aliphatic carbocycles. The molecule has 1 heterocycles. The summed E-state index contributed by atoms with van der Waals surface area (Å²) in [6, 6.07) is 37.9. The highest BCUT2D eigenvalue weighted by Crippen LogP contribution is 2.58. The van der Waals surface area contributed by atoms with E-state index in [0.29, 0.717) is 39.1 Å². The highest BCUT2D eigenvalue weighted by molar-refractivity contribution is 5.95. The zero-order valence-electron chi connectivity index (χ0n) is 34.9. The van der Waals surface area contributed by atoms with Crippen LogP contribution in [0.4, 0.5) is 0 Å². The molecule has 0 radical (unpaired) electrons. The Hall–Kier alpha value is -6.60. The molecule has 0 aromatic heterocycles. The maximum atomic E-state index is 14.5. The quantitative estimate of drug-likeness (QED) is 0.0515. The van der Waals surface area contributed by atoms with Gasteiger partial charge in [-0.1, -0.05) is 105 Å². The molecule has 0 saturated heterocycles. The average molecular weight is 840 g/mol. The first kappa shape index (κ1) is 43.5. The van der Waals surface area contributed by atoms with Gasteiger partial charge in [0.15, 0.2) is 24.6 Å². The van der Waals surface area contributed by atoms with Gasteiger partial charge in [0.1, 0.15) is 11.9 Å². The van der Waals surface area contributed by atoms with Crippen LogP contribution < -0.4 is 10.1 Å². The van der Waals surface area contributed by atoms with Gasteiger partial charge >= 0.3 is 17.9 Å². The zero-order chi connectivity index (χ0) is 43.9. The summed E-state index contributed by atoms with van der Waals surface area (Å²) in [5.41, 5.74) is 0.539. The first-order valence-corrected chi connectivity index (χ1v) is 20.3. The molecule has 0 fully saturated rings. The first-order valence-electron chi connectivity index (χ1n) is 20.3. The van der Waals surface area contributed by atoms with Crippen molar-refractivity contribution in [2.45, 2.75) is 63.8 Å². The Balaban J connectivity index is 1.36. The third-order valence-electron chi connectivity index (χ3n) is 11.7. The number of methoxy groups -OCH3 is 1. The molecule has 5 aromatic rings. The molecule has 62 heavy (non-hydrogen) atoms. The predicted molar refractivity (Wildman–Crippen MR) is 228 cm³/mol. The monoisotopic (exact) mass is 839 g/mol. The van der Waals surface area contributed by atoms with Gasteiger partial charge in [0.2, 0.25) is 0 Å². The van der Waals surface area contributed by atoms with Crippen molar-refractivity contribution in [3.05, 3.63) is 184 Å². The number of carbonyl (C=O) groups is 4. The lowest BCUT2D eigenvalue weighted by molar-refractivity contribution is -0.184. The minimum Gasteiger partial charge on any atom is -0.468 e. The van der Waals surface area contributed by atoms with Crippen LogP contribution in [-0.2, 0) is 35.1 Å². The fourth-order valence-corrected chi connectivity index (χ4v) is 8.26. The van der Waals surface area contributed by atoms with Gasteiger partial charge < -0.3 is 38.8 Å². The third-order valence-corrected chi connectivity index (χ3v) is 11.7. The Morgan fingerprint density at radius 2 is 1.34 bits per heavy atom. The van der Waals surface area contributed by atoms with Gasteiger partial charge in [-0.25, -0.2) is 14.4 Å². The third kappa shape index (κ3) is 9.03. The van der Waals surface area contributed by atoms with E-state index in [9.17, 15) is 24.3 Å². The second-order valence-electron chi connectivity index (χ2n) is 15.8. The van der Waals surface area contributed by atoms with Gasteiger partial charge in [0, 0.05) is 30.1 Å². The molecule has 1 amide bonds. The van der Waals surface area contributed by atoms with Crippen molar-refractivity contribution in [3.8, 4) is 5.75 Å². The van der Waals surface area contributed by atoms with Crippen LogP contribution in [-0.4, -0.2) is 67.2 Å². The molecule has 2 bridgehead atoms. The van der Waals surface area contributed by atoms with Crippen molar-refractivity contribution in [2.24, 2.45) is 5.41 Å². The Labute approximate surface area is 360 Å².